The number of hydrogen-bond acceptors (Lipinski definition) is 5. The van der Waals surface area contributed by atoms with Crippen molar-refractivity contribution in [2.45, 2.75) is 60.0 Å². The summed E-state index contributed by atoms with van der Waals surface area (Å²) in [4.78, 5) is 13.9. The zero-order chi connectivity index (χ0) is 22.7. The second-order valence-corrected chi connectivity index (χ2v) is 10.9. The fraction of sp³-hybridized carbons (Fsp3) is 0.609. The molecule has 1 heterocycles. The first-order valence-corrected chi connectivity index (χ1v) is 11.2. The number of amides is 1. The van der Waals surface area contributed by atoms with Crippen LogP contribution in [0.5, 0.6) is 0 Å². The third-order valence-electron chi connectivity index (χ3n) is 4.67. The summed E-state index contributed by atoms with van der Waals surface area (Å²) in [5.74, 6) is 13.1. The van der Waals surface area contributed by atoms with Crippen LogP contribution in [0.4, 0.5) is 16.2 Å². The van der Waals surface area contributed by atoms with Crippen LogP contribution < -0.4 is 16.6 Å². The van der Waals surface area contributed by atoms with Crippen molar-refractivity contribution >= 4 is 33.4 Å². The maximum absolute atomic E-state index is 12.2. The van der Waals surface area contributed by atoms with Gasteiger partial charge in [0.25, 0.3) is 0 Å². The molecular weight excluding hydrogens is 444 g/mol. The van der Waals surface area contributed by atoms with E-state index < -0.39 is 5.60 Å². The van der Waals surface area contributed by atoms with Crippen LogP contribution in [0.15, 0.2) is 16.6 Å². The number of piperidine rings is 1. The molecule has 30 heavy (non-hydrogen) atoms. The van der Waals surface area contributed by atoms with Gasteiger partial charge in [0.15, 0.2) is 0 Å². The zero-order valence-electron chi connectivity index (χ0n) is 19.0. The van der Waals surface area contributed by atoms with E-state index in [2.05, 4.69) is 48.5 Å². The quantitative estimate of drug-likeness (QED) is 0.277. The second kappa shape index (κ2) is 9.49. The molecule has 0 spiro atoms. The first-order chi connectivity index (χ1) is 13.8. The minimum absolute atomic E-state index is 0.0559. The highest BCUT2D eigenvalue weighted by atomic mass is 79.9. The number of benzene rings is 1. The van der Waals surface area contributed by atoms with Crippen molar-refractivity contribution < 1.29 is 9.53 Å². The fourth-order valence-corrected chi connectivity index (χ4v) is 3.67. The van der Waals surface area contributed by atoms with Crippen molar-refractivity contribution in [3.63, 3.8) is 0 Å². The Morgan fingerprint density at radius 1 is 1.23 bits per heavy atom. The molecule has 0 atom stereocenters. The van der Waals surface area contributed by atoms with E-state index in [1.807, 2.05) is 32.9 Å². The standard InChI is InChI=1S/C23H35BrN4O2/c1-22(2,3)15-28(26)18-10-9-17(19(24)20(18)25)8-7-16-11-13-27(14-12-16)21(29)30-23(4,5)6/h9-10,16H,11-15,25-26H2,1-6H3. The highest BCUT2D eigenvalue weighted by Gasteiger charge is 2.26. The maximum atomic E-state index is 12.2. The normalized spacial score (nSPS) is 15.4. The van der Waals surface area contributed by atoms with Gasteiger partial charge >= 0.3 is 6.09 Å². The Labute approximate surface area is 189 Å². The number of rotatable bonds is 2. The summed E-state index contributed by atoms with van der Waals surface area (Å²) in [7, 11) is 0. The van der Waals surface area contributed by atoms with Gasteiger partial charge in [-0.2, -0.15) is 0 Å². The van der Waals surface area contributed by atoms with Gasteiger partial charge in [-0.05, 0) is 67.1 Å². The van der Waals surface area contributed by atoms with Crippen molar-refractivity contribution in [1.82, 2.24) is 4.90 Å². The van der Waals surface area contributed by atoms with Crippen molar-refractivity contribution in [3.8, 4) is 11.8 Å². The highest BCUT2D eigenvalue weighted by molar-refractivity contribution is 9.10. The number of carbonyl (C=O) groups is 1. The molecule has 0 aliphatic carbocycles. The predicted octanol–water partition coefficient (Wildman–Crippen LogP) is 4.76. The average Bonchev–Trinajstić information content (AvgIpc) is 2.60. The second-order valence-electron chi connectivity index (χ2n) is 10.1. The molecule has 1 fully saturated rings. The van der Waals surface area contributed by atoms with Crippen LogP contribution in [-0.2, 0) is 4.74 Å². The van der Waals surface area contributed by atoms with Gasteiger partial charge in [-0.15, -0.1) is 0 Å². The minimum atomic E-state index is -0.474. The smallest absolute Gasteiger partial charge is 0.410 e. The molecule has 6 nitrogen and oxygen atoms in total. The van der Waals surface area contributed by atoms with E-state index in [9.17, 15) is 4.79 Å². The SMILES string of the molecule is CC(C)(C)CN(N)c1ccc(C#CC2CCN(C(=O)OC(C)(C)C)CC2)c(Br)c1N. The number of hydrazine groups is 1. The van der Waals surface area contributed by atoms with Crippen molar-refractivity contribution in [2.24, 2.45) is 17.2 Å². The summed E-state index contributed by atoms with van der Waals surface area (Å²) >= 11 is 3.58. The summed E-state index contributed by atoms with van der Waals surface area (Å²) < 4.78 is 6.21. The number of carbonyl (C=O) groups excluding carboxylic acids is 1. The van der Waals surface area contributed by atoms with Gasteiger partial charge in [0.2, 0.25) is 0 Å². The van der Waals surface area contributed by atoms with Gasteiger partial charge in [-0.25, -0.2) is 10.6 Å². The van der Waals surface area contributed by atoms with E-state index in [0.29, 0.717) is 25.3 Å². The Bertz CT molecular complexity index is 823. The number of nitrogen functional groups attached to an aromatic ring is 1. The number of ether oxygens (including phenoxy) is 1. The van der Waals surface area contributed by atoms with E-state index in [1.165, 1.54) is 0 Å². The van der Waals surface area contributed by atoms with Crippen LogP contribution >= 0.6 is 15.9 Å². The van der Waals surface area contributed by atoms with Gasteiger partial charge in [0.1, 0.15) is 5.60 Å². The van der Waals surface area contributed by atoms with Crippen molar-refractivity contribution in [2.75, 3.05) is 30.4 Å². The third-order valence-corrected chi connectivity index (χ3v) is 5.52. The lowest BCUT2D eigenvalue weighted by Gasteiger charge is -2.31. The lowest BCUT2D eigenvalue weighted by atomic mass is 9.96. The first kappa shape index (κ1) is 24.4. The van der Waals surface area contributed by atoms with Gasteiger partial charge in [0, 0.05) is 31.1 Å². The van der Waals surface area contributed by atoms with Gasteiger partial charge in [-0.3, -0.25) is 0 Å². The molecule has 166 valence electrons. The van der Waals surface area contributed by atoms with Crippen molar-refractivity contribution in [3.05, 3.63) is 22.2 Å². The Morgan fingerprint density at radius 3 is 2.37 bits per heavy atom. The number of nitrogens with zero attached hydrogens (tertiary/aromatic N) is 2. The molecule has 0 bridgehead atoms. The number of halogens is 1. The summed E-state index contributed by atoms with van der Waals surface area (Å²) in [5, 5.41) is 1.68. The van der Waals surface area contributed by atoms with Crippen LogP contribution in [0.25, 0.3) is 0 Å². The molecule has 1 saturated heterocycles. The first-order valence-electron chi connectivity index (χ1n) is 10.4. The van der Waals surface area contributed by atoms with Gasteiger partial charge in [-0.1, -0.05) is 32.6 Å². The lowest BCUT2D eigenvalue weighted by Crippen LogP contribution is -2.41. The maximum Gasteiger partial charge on any atom is 0.410 e. The molecular formula is C23H35BrN4O2. The van der Waals surface area contributed by atoms with E-state index in [-0.39, 0.29) is 17.4 Å². The fourth-order valence-electron chi connectivity index (χ4n) is 3.24. The summed E-state index contributed by atoms with van der Waals surface area (Å²) in [6.07, 6.45) is 1.42. The van der Waals surface area contributed by atoms with Gasteiger partial charge in [0.05, 0.1) is 15.8 Å². The molecule has 1 aromatic rings. The zero-order valence-corrected chi connectivity index (χ0v) is 20.6. The van der Waals surface area contributed by atoms with Crippen molar-refractivity contribution in [1.29, 1.82) is 0 Å². The largest absolute Gasteiger partial charge is 0.444 e. The molecule has 0 unspecified atom stereocenters. The molecule has 1 amide bonds. The monoisotopic (exact) mass is 478 g/mol. The van der Waals surface area contributed by atoms with Crippen LogP contribution in [0.1, 0.15) is 59.9 Å². The summed E-state index contributed by atoms with van der Waals surface area (Å²) in [6.45, 7) is 14.0. The third kappa shape index (κ3) is 7.10. The Balaban J connectivity index is 2.02. The molecule has 0 saturated carbocycles. The topological polar surface area (TPSA) is 84.8 Å². The molecule has 2 rings (SSSR count). The van der Waals surface area contributed by atoms with E-state index >= 15 is 0 Å². The van der Waals surface area contributed by atoms with E-state index in [1.54, 1.807) is 9.91 Å². The molecule has 4 N–H and O–H groups in total. The molecule has 7 heteroatoms. The molecule has 0 radical (unpaired) electrons. The van der Waals surface area contributed by atoms with Gasteiger partial charge < -0.3 is 20.4 Å². The minimum Gasteiger partial charge on any atom is -0.444 e. The summed E-state index contributed by atoms with van der Waals surface area (Å²) in [5.41, 5.74) is 8.12. The Hall–Kier alpha value is -1.91. The Morgan fingerprint density at radius 2 is 1.83 bits per heavy atom. The van der Waals surface area contributed by atoms with E-state index in [0.717, 1.165) is 28.6 Å². The molecule has 0 aromatic heterocycles. The molecule has 1 aromatic carbocycles. The summed E-state index contributed by atoms with van der Waals surface area (Å²) in [6, 6.07) is 3.86. The van der Waals surface area contributed by atoms with Crippen LogP contribution in [0.3, 0.4) is 0 Å². The molecule has 1 aliphatic rings. The predicted molar refractivity (Wildman–Crippen MR) is 127 cm³/mol. The van der Waals surface area contributed by atoms with Crippen LogP contribution in [0, 0.1) is 23.2 Å². The highest BCUT2D eigenvalue weighted by Crippen LogP contribution is 2.33. The molecule has 1 aliphatic heterocycles. The number of hydrogen-bond donors (Lipinski definition) is 2. The van der Waals surface area contributed by atoms with E-state index in [4.69, 9.17) is 16.3 Å². The average molecular weight is 479 g/mol. The number of likely N-dealkylation sites (tertiary alicyclic amines) is 1. The lowest BCUT2D eigenvalue weighted by molar-refractivity contribution is 0.0199. The number of anilines is 2. The van der Waals surface area contributed by atoms with Crippen LogP contribution in [-0.4, -0.2) is 36.2 Å². The van der Waals surface area contributed by atoms with Crippen LogP contribution in [0.2, 0.25) is 0 Å². The Kier molecular flexibility index (Phi) is 7.70. The number of nitrogens with two attached hydrogens (primary N) is 2.